The van der Waals surface area contributed by atoms with Crippen LogP contribution in [0.2, 0.25) is 0 Å². The van der Waals surface area contributed by atoms with Gasteiger partial charge in [0.25, 0.3) is 0 Å². The SMILES string of the molecule is CCC(C(=O)O)N(C)C(=O)N1CCS(=O)(=O)CC1. The van der Waals surface area contributed by atoms with Gasteiger partial charge in [0.15, 0.2) is 9.84 Å². The number of aliphatic carboxylic acids is 1. The summed E-state index contributed by atoms with van der Waals surface area (Å²) in [6.07, 6.45) is 0.309. The number of carbonyl (C=O) groups excluding carboxylic acids is 1. The number of hydrogen-bond acceptors (Lipinski definition) is 4. The maximum Gasteiger partial charge on any atom is 0.326 e. The quantitative estimate of drug-likeness (QED) is 0.760. The minimum Gasteiger partial charge on any atom is -0.480 e. The van der Waals surface area contributed by atoms with E-state index < -0.39 is 27.9 Å². The first-order valence-electron chi connectivity index (χ1n) is 5.73. The molecule has 1 heterocycles. The first-order chi connectivity index (χ1) is 8.28. The van der Waals surface area contributed by atoms with E-state index in [0.29, 0.717) is 6.42 Å². The third-order valence-corrected chi connectivity index (χ3v) is 4.67. The summed E-state index contributed by atoms with van der Waals surface area (Å²) in [5.41, 5.74) is 0. The lowest BCUT2D eigenvalue weighted by atomic mass is 10.2. The van der Waals surface area contributed by atoms with E-state index in [2.05, 4.69) is 0 Å². The molecule has 8 heteroatoms. The largest absolute Gasteiger partial charge is 0.480 e. The normalized spacial score (nSPS) is 20.2. The first kappa shape index (κ1) is 14.7. The number of likely N-dealkylation sites (N-methyl/N-ethyl adjacent to an activating group) is 1. The lowest BCUT2D eigenvalue weighted by molar-refractivity contribution is -0.142. The van der Waals surface area contributed by atoms with E-state index in [-0.39, 0.29) is 24.6 Å². The van der Waals surface area contributed by atoms with Crippen molar-refractivity contribution in [3.63, 3.8) is 0 Å². The van der Waals surface area contributed by atoms with E-state index in [0.717, 1.165) is 4.90 Å². The Morgan fingerprint density at radius 2 is 1.83 bits per heavy atom. The minimum atomic E-state index is -3.05. The Labute approximate surface area is 106 Å². The third kappa shape index (κ3) is 3.34. The van der Waals surface area contributed by atoms with Crippen molar-refractivity contribution in [2.45, 2.75) is 19.4 Å². The molecule has 1 fully saturated rings. The molecule has 1 N–H and O–H groups in total. The Balaban J connectivity index is 2.68. The minimum absolute atomic E-state index is 0.0591. The number of rotatable bonds is 3. The Bertz CT molecular complexity index is 420. The molecule has 1 saturated heterocycles. The molecule has 1 unspecified atom stereocenters. The molecule has 104 valence electrons. The van der Waals surface area contributed by atoms with E-state index in [9.17, 15) is 18.0 Å². The second kappa shape index (κ2) is 5.55. The predicted molar refractivity (Wildman–Crippen MR) is 65.1 cm³/mol. The molecule has 0 bridgehead atoms. The summed E-state index contributed by atoms with van der Waals surface area (Å²) in [5, 5.41) is 8.97. The van der Waals surface area contributed by atoms with Crippen molar-refractivity contribution >= 4 is 21.8 Å². The topological polar surface area (TPSA) is 95.0 Å². The Hall–Kier alpha value is -1.31. The molecule has 2 amide bonds. The van der Waals surface area contributed by atoms with Gasteiger partial charge >= 0.3 is 12.0 Å². The van der Waals surface area contributed by atoms with E-state index >= 15 is 0 Å². The molecule has 0 saturated carbocycles. The van der Waals surface area contributed by atoms with Gasteiger partial charge in [0.1, 0.15) is 6.04 Å². The van der Waals surface area contributed by atoms with Gasteiger partial charge in [-0.05, 0) is 6.42 Å². The van der Waals surface area contributed by atoms with Crippen LogP contribution < -0.4 is 0 Å². The summed E-state index contributed by atoms with van der Waals surface area (Å²) in [6.45, 7) is 1.94. The molecule has 1 aliphatic heterocycles. The first-order valence-corrected chi connectivity index (χ1v) is 7.55. The van der Waals surface area contributed by atoms with Crippen molar-refractivity contribution in [3.05, 3.63) is 0 Å². The van der Waals surface area contributed by atoms with Crippen LogP contribution in [0.15, 0.2) is 0 Å². The summed E-state index contributed by atoms with van der Waals surface area (Å²) in [7, 11) is -1.62. The Kier molecular flexibility index (Phi) is 4.55. The van der Waals surface area contributed by atoms with E-state index in [4.69, 9.17) is 5.11 Å². The molecule has 1 rings (SSSR count). The van der Waals surface area contributed by atoms with Crippen molar-refractivity contribution in [2.24, 2.45) is 0 Å². The van der Waals surface area contributed by atoms with Gasteiger partial charge in [-0.3, -0.25) is 0 Å². The smallest absolute Gasteiger partial charge is 0.326 e. The fourth-order valence-electron chi connectivity index (χ4n) is 1.87. The van der Waals surface area contributed by atoms with Crippen LogP contribution in [0.4, 0.5) is 4.79 Å². The molecule has 0 radical (unpaired) electrons. The monoisotopic (exact) mass is 278 g/mol. The Morgan fingerprint density at radius 3 is 2.22 bits per heavy atom. The van der Waals surface area contributed by atoms with Gasteiger partial charge in [-0.25, -0.2) is 18.0 Å². The number of carbonyl (C=O) groups is 2. The molecule has 0 aromatic heterocycles. The summed E-state index contributed by atoms with van der Waals surface area (Å²) in [6, 6.07) is -1.31. The van der Waals surface area contributed by atoms with Crippen LogP contribution >= 0.6 is 0 Å². The van der Waals surface area contributed by atoms with Crippen molar-refractivity contribution in [1.29, 1.82) is 0 Å². The van der Waals surface area contributed by atoms with E-state index in [1.807, 2.05) is 0 Å². The van der Waals surface area contributed by atoms with Gasteiger partial charge in [0.2, 0.25) is 0 Å². The molecule has 7 nitrogen and oxygen atoms in total. The highest BCUT2D eigenvalue weighted by Crippen LogP contribution is 2.10. The Morgan fingerprint density at radius 1 is 1.33 bits per heavy atom. The summed E-state index contributed by atoms with van der Waals surface area (Å²) < 4.78 is 22.5. The molecule has 0 aromatic carbocycles. The predicted octanol–water partition coefficient (Wildman–Crippen LogP) is -0.368. The number of urea groups is 1. The van der Waals surface area contributed by atoms with Crippen LogP contribution in [0, 0.1) is 0 Å². The van der Waals surface area contributed by atoms with E-state index in [1.54, 1.807) is 6.92 Å². The molecular weight excluding hydrogens is 260 g/mol. The highest BCUT2D eigenvalue weighted by Gasteiger charge is 2.31. The van der Waals surface area contributed by atoms with Crippen molar-refractivity contribution in [1.82, 2.24) is 9.80 Å². The zero-order chi connectivity index (χ0) is 13.9. The van der Waals surface area contributed by atoms with Crippen LogP contribution in [0.1, 0.15) is 13.3 Å². The summed E-state index contributed by atoms with van der Waals surface area (Å²) in [4.78, 5) is 25.5. The lowest BCUT2D eigenvalue weighted by Crippen LogP contribution is -2.52. The van der Waals surface area contributed by atoms with Crippen LogP contribution in [-0.4, -0.2) is 73.0 Å². The van der Waals surface area contributed by atoms with Crippen LogP contribution in [-0.2, 0) is 14.6 Å². The summed E-state index contributed by atoms with van der Waals surface area (Å²) >= 11 is 0. The second-order valence-corrected chi connectivity index (χ2v) is 6.60. The zero-order valence-electron chi connectivity index (χ0n) is 10.5. The van der Waals surface area contributed by atoms with Crippen LogP contribution in [0.3, 0.4) is 0 Å². The number of carboxylic acids is 1. The zero-order valence-corrected chi connectivity index (χ0v) is 11.3. The highest BCUT2D eigenvalue weighted by atomic mass is 32.2. The van der Waals surface area contributed by atoms with E-state index in [1.165, 1.54) is 11.9 Å². The fraction of sp³-hybridized carbons (Fsp3) is 0.800. The third-order valence-electron chi connectivity index (χ3n) is 3.06. The second-order valence-electron chi connectivity index (χ2n) is 4.29. The molecule has 0 aliphatic carbocycles. The standard InChI is InChI=1S/C10H18N2O5S/c1-3-8(9(13)14)11(2)10(15)12-4-6-18(16,17)7-5-12/h8H,3-7H2,1-2H3,(H,13,14). The fourth-order valence-corrected chi connectivity index (χ4v) is 3.08. The number of carboxylic acid groups (broad SMARTS) is 1. The molecule has 18 heavy (non-hydrogen) atoms. The van der Waals surface area contributed by atoms with Crippen molar-refractivity contribution in [3.8, 4) is 0 Å². The van der Waals surface area contributed by atoms with Crippen molar-refractivity contribution < 1.29 is 23.1 Å². The van der Waals surface area contributed by atoms with Gasteiger partial charge in [-0.1, -0.05) is 6.92 Å². The van der Waals surface area contributed by atoms with Gasteiger partial charge in [0.05, 0.1) is 11.5 Å². The average molecular weight is 278 g/mol. The lowest BCUT2D eigenvalue weighted by Gasteiger charge is -2.33. The van der Waals surface area contributed by atoms with Gasteiger partial charge in [-0.2, -0.15) is 0 Å². The van der Waals surface area contributed by atoms with Crippen LogP contribution in [0.5, 0.6) is 0 Å². The number of amides is 2. The molecule has 1 atom stereocenters. The number of hydrogen-bond donors (Lipinski definition) is 1. The summed E-state index contributed by atoms with van der Waals surface area (Å²) in [5.74, 6) is -1.18. The van der Waals surface area contributed by atoms with Gasteiger partial charge in [-0.15, -0.1) is 0 Å². The maximum absolute atomic E-state index is 12.0. The highest BCUT2D eigenvalue weighted by molar-refractivity contribution is 7.91. The van der Waals surface area contributed by atoms with Gasteiger partial charge < -0.3 is 14.9 Å². The molecular formula is C10H18N2O5S. The average Bonchev–Trinajstić information content (AvgIpc) is 2.28. The number of sulfone groups is 1. The molecule has 0 aromatic rings. The molecule has 0 spiro atoms. The number of nitrogens with zero attached hydrogens (tertiary/aromatic N) is 2. The van der Waals surface area contributed by atoms with Crippen molar-refractivity contribution in [2.75, 3.05) is 31.6 Å². The maximum atomic E-state index is 12.0. The molecule has 1 aliphatic rings. The van der Waals surface area contributed by atoms with Crippen LogP contribution in [0.25, 0.3) is 0 Å². The van der Waals surface area contributed by atoms with Gasteiger partial charge in [0, 0.05) is 20.1 Å².